The molecular formula is C26H28N2O3S. The van der Waals surface area contributed by atoms with Gasteiger partial charge in [-0.1, -0.05) is 66.2 Å². The predicted molar refractivity (Wildman–Crippen MR) is 126 cm³/mol. The molecule has 0 saturated carbocycles. The number of benzene rings is 3. The van der Waals surface area contributed by atoms with E-state index in [9.17, 15) is 13.2 Å². The van der Waals surface area contributed by atoms with Gasteiger partial charge in [-0.15, -0.1) is 0 Å². The fourth-order valence-electron chi connectivity index (χ4n) is 4.22. The van der Waals surface area contributed by atoms with E-state index in [1.807, 2.05) is 62.4 Å². The van der Waals surface area contributed by atoms with Crippen molar-refractivity contribution in [3.8, 4) is 0 Å². The molecule has 32 heavy (non-hydrogen) atoms. The Balaban J connectivity index is 1.60. The van der Waals surface area contributed by atoms with Crippen molar-refractivity contribution in [2.24, 2.45) is 0 Å². The molecule has 1 heterocycles. The third-order valence-electron chi connectivity index (χ3n) is 6.11. The first kappa shape index (κ1) is 22.2. The molecule has 0 aliphatic carbocycles. The average Bonchev–Trinajstić information content (AvgIpc) is 2.79. The van der Waals surface area contributed by atoms with Gasteiger partial charge in [0.25, 0.3) is 0 Å². The van der Waals surface area contributed by atoms with Gasteiger partial charge in [0.05, 0.1) is 10.9 Å². The Bertz CT molecular complexity index is 1220. The van der Waals surface area contributed by atoms with Crippen LogP contribution in [0.1, 0.15) is 40.3 Å². The van der Waals surface area contributed by atoms with Gasteiger partial charge in [-0.05, 0) is 54.7 Å². The van der Waals surface area contributed by atoms with E-state index < -0.39 is 16.1 Å². The summed E-state index contributed by atoms with van der Waals surface area (Å²) in [7, 11) is -3.74. The summed E-state index contributed by atoms with van der Waals surface area (Å²) in [6, 6.07) is 22.1. The lowest BCUT2D eigenvalue weighted by molar-refractivity contribution is -0.122. The number of amides is 1. The summed E-state index contributed by atoms with van der Waals surface area (Å²) in [5, 5.41) is 2.98. The fraction of sp³-hybridized carbons (Fsp3) is 0.269. The molecule has 0 spiro atoms. The molecule has 1 aliphatic rings. The van der Waals surface area contributed by atoms with Crippen molar-refractivity contribution in [2.45, 2.75) is 44.2 Å². The van der Waals surface area contributed by atoms with Gasteiger partial charge < -0.3 is 5.32 Å². The molecule has 0 aromatic heterocycles. The van der Waals surface area contributed by atoms with Gasteiger partial charge in [0.1, 0.15) is 0 Å². The van der Waals surface area contributed by atoms with Crippen molar-refractivity contribution in [3.63, 3.8) is 0 Å². The zero-order chi connectivity index (χ0) is 22.7. The quantitative estimate of drug-likeness (QED) is 0.612. The van der Waals surface area contributed by atoms with Gasteiger partial charge >= 0.3 is 0 Å². The van der Waals surface area contributed by atoms with E-state index in [0.29, 0.717) is 19.5 Å². The number of hydrogen-bond donors (Lipinski definition) is 1. The highest BCUT2D eigenvalue weighted by atomic mass is 32.2. The average molecular weight is 449 g/mol. The maximum absolute atomic E-state index is 13.5. The highest BCUT2D eigenvalue weighted by Gasteiger charge is 2.37. The molecule has 1 aliphatic heterocycles. The Labute approximate surface area is 190 Å². The van der Waals surface area contributed by atoms with Crippen LogP contribution in [-0.4, -0.2) is 25.2 Å². The van der Waals surface area contributed by atoms with Crippen LogP contribution in [0, 0.1) is 13.8 Å². The van der Waals surface area contributed by atoms with Gasteiger partial charge in [0.2, 0.25) is 15.9 Å². The van der Waals surface area contributed by atoms with Crippen LogP contribution in [0.3, 0.4) is 0 Å². The van der Waals surface area contributed by atoms with Crippen LogP contribution in [0.5, 0.6) is 0 Å². The summed E-state index contributed by atoms with van der Waals surface area (Å²) in [6.45, 7) is 4.71. The number of fused-ring (bicyclic) bond motifs is 1. The van der Waals surface area contributed by atoms with E-state index in [-0.39, 0.29) is 17.2 Å². The molecule has 6 heteroatoms. The number of carbonyl (C=O) groups is 1. The van der Waals surface area contributed by atoms with Crippen molar-refractivity contribution in [1.29, 1.82) is 0 Å². The van der Waals surface area contributed by atoms with E-state index in [0.717, 1.165) is 27.8 Å². The Morgan fingerprint density at radius 1 is 0.969 bits per heavy atom. The van der Waals surface area contributed by atoms with Gasteiger partial charge in [0, 0.05) is 19.5 Å². The molecule has 0 saturated heterocycles. The second-order valence-corrected chi connectivity index (χ2v) is 10.2. The topological polar surface area (TPSA) is 66.5 Å². The molecule has 1 N–H and O–H groups in total. The zero-order valence-corrected chi connectivity index (χ0v) is 19.2. The molecular weight excluding hydrogens is 420 g/mol. The first-order valence-electron chi connectivity index (χ1n) is 10.8. The molecule has 1 amide bonds. The highest BCUT2D eigenvalue weighted by molar-refractivity contribution is 7.89. The summed E-state index contributed by atoms with van der Waals surface area (Å²) in [5.41, 5.74) is 5.16. The first-order chi connectivity index (χ1) is 15.4. The van der Waals surface area contributed by atoms with Gasteiger partial charge in [-0.2, -0.15) is 4.31 Å². The molecule has 5 nitrogen and oxygen atoms in total. The lowest BCUT2D eigenvalue weighted by atomic mass is 9.92. The lowest BCUT2D eigenvalue weighted by Gasteiger charge is -2.36. The number of aryl methyl sites for hydroxylation is 2. The molecule has 0 radical (unpaired) electrons. The molecule has 3 aromatic rings. The van der Waals surface area contributed by atoms with Crippen molar-refractivity contribution < 1.29 is 13.2 Å². The van der Waals surface area contributed by atoms with Crippen molar-refractivity contribution >= 4 is 15.9 Å². The Morgan fingerprint density at radius 3 is 2.41 bits per heavy atom. The number of nitrogens with zero attached hydrogens (tertiary/aromatic N) is 1. The van der Waals surface area contributed by atoms with Crippen LogP contribution in [0.15, 0.2) is 77.7 Å². The Kier molecular flexibility index (Phi) is 6.44. The standard InChI is InChI=1S/C26H28N2O3S/c1-19-11-13-23(14-12-19)32(30,31)28-16-15-21-8-5-6-10-24(21)25(28)17-26(29)27-18-22-9-4-3-7-20(22)2/h3-14,25H,15-18H2,1-2H3,(H,27,29)/t25-/m1/s1. The largest absolute Gasteiger partial charge is 0.352 e. The zero-order valence-electron chi connectivity index (χ0n) is 18.4. The van der Waals surface area contributed by atoms with E-state index in [1.54, 1.807) is 24.3 Å². The van der Waals surface area contributed by atoms with Crippen LogP contribution in [-0.2, 0) is 27.8 Å². The fourth-order valence-corrected chi connectivity index (χ4v) is 5.83. The minimum absolute atomic E-state index is 0.0774. The number of nitrogens with one attached hydrogen (secondary N) is 1. The van der Waals surface area contributed by atoms with Crippen molar-refractivity contribution in [1.82, 2.24) is 9.62 Å². The van der Waals surface area contributed by atoms with Crippen LogP contribution in [0.25, 0.3) is 0 Å². The van der Waals surface area contributed by atoms with Gasteiger partial charge in [-0.3, -0.25) is 4.79 Å². The molecule has 1 atom stereocenters. The van der Waals surface area contributed by atoms with Gasteiger partial charge in [-0.25, -0.2) is 8.42 Å². The van der Waals surface area contributed by atoms with Crippen LogP contribution >= 0.6 is 0 Å². The second-order valence-electron chi connectivity index (χ2n) is 8.30. The van der Waals surface area contributed by atoms with E-state index in [4.69, 9.17) is 0 Å². The molecule has 0 fully saturated rings. The normalized spacial score (nSPS) is 16.4. The molecule has 0 bridgehead atoms. The second kappa shape index (κ2) is 9.27. The smallest absolute Gasteiger partial charge is 0.243 e. The maximum atomic E-state index is 13.5. The van der Waals surface area contributed by atoms with Crippen LogP contribution < -0.4 is 5.32 Å². The van der Waals surface area contributed by atoms with Crippen LogP contribution in [0.2, 0.25) is 0 Å². The molecule has 4 rings (SSSR count). The highest BCUT2D eigenvalue weighted by Crippen LogP contribution is 2.36. The number of carbonyl (C=O) groups excluding carboxylic acids is 1. The summed E-state index contributed by atoms with van der Waals surface area (Å²) in [4.78, 5) is 13.2. The van der Waals surface area contributed by atoms with Crippen LogP contribution in [0.4, 0.5) is 0 Å². The SMILES string of the molecule is Cc1ccc(S(=O)(=O)N2CCc3ccccc3[C@H]2CC(=O)NCc2ccccc2C)cc1. The minimum Gasteiger partial charge on any atom is -0.352 e. The number of sulfonamides is 1. The number of rotatable bonds is 6. The van der Waals surface area contributed by atoms with E-state index in [1.165, 1.54) is 4.31 Å². The maximum Gasteiger partial charge on any atom is 0.243 e. The van der Waals surface area contributed by atoms with E-state index in [2.05, 4.69) is 5.32 Å². The molecule has 0 unspecified atom stereocenters. The minimum atomic E-state index is -3.74. The predicted octanol–water partition coefficient (Wildman–Crippen LogP) is 4.30. The van der Waals surface area contributed by atoms with Crippen molar-refractivity contribution in [2.75, 3.05) is 6.54 Å². The third kappa shape index (κ3) is 4.61. The Morgan fingerprint density at radius 2 is 1.66 bits per heavy atom. The Hall–Kier alpha value is -2.96. The first-order valence-corrected chi connectivity index (χ1v) is 12.3. The lowest BCUT2D eigenvalue weighted by Crippen LogP contribution is -2.42. The molecule has 3 aromatic carbocycles. The summed E-state index contributed by atoms with van der Waals surface area (Å²) < 4.78 is 28.5. The summed E-state index contributed by atoms with van der Waals surface area (Å²) >= 11 is 0. The van der Waals surface area contributed by atoms with Gasteiger partial charge in [0.15, 0.2) is 0 Å². The third-order valence-corrected chi connectivity index (χ3v) is 8.03. The van der Waals surface area contributed by atoms with Crippen molar-refractivity contribution in [3.05, 3.63) is 101 Å². The number of hydrogen-bond acceptors (Lipinski definition) is 3. The van der Waals surface area contributed by atoms with E-state index >= 15 is 0 Å². The molecule has 166 valence electrons. The summed E-state index contributed by atoms with van der Waals surface area (Å²) in [6.07, 6.45) is 0.705. The summed E-state index contributed by atoms with van der Waals surface area (Å²) in [5.74, 6) is -0.168. The monoisotopic (exact) mass is 448 g/mol.